The van der Waals surface area contributed by atoms with E-state index in [1.807, 2.05) is 12.1 Å². The van der Waals surface area contributed by atoms with Gasteiger partial charge in [-0.25, -0.2) is 4.98 Å². The van der Waals surface area contributed by atoms with Crippen LogP contribution in [0.1, 0.15) is 24.1 Å². The lowest BCUT2D eigenvalue weighted by molar-refractivity contribution is 0.573. The van der Waals surface area contributed by atoms with Crippen molar-refractivity contribution in [1.82, 2.24) is 15.2 Å². The number of thioether (sulfide) groups is 1. The molecule has 0 atom stereocenters. The van der Waals surface area contributed by atoms with Gasteiger partial charge in [0, 0.05) is 17.4 Å². The van der Waals surface area contributed by atoms with E-state index in [2.05, 4.69) is 39.6 Å². The zero-order chi connectivity index (χ0) is 15.6. The van der Waals surface area contributed by atoms with Crippen LogP contribution in [0.4, 0.5) is 5.13 Å². The Morgan fingerprint density at radius 3 is 2.87 bits per heavy atom. The van der Waals surface area contributed by atoms with Gasteiger partial charge < -0.3 is 9.73 Å². The Kier molecular flexibility index (Phi) is 4.05. The van der Waals surface area contributed by atoms with Gasteiger partial charge in [-0.3, -0.25) is 0 Å². The third kappa shape index (κ3) is 3.73. The normalized spacial score (nSPS) is 14.1. The average molecular weight is 344 g/mol. The lowest BCUT2D eigenvalue weighted by Crippen LogP contribution is -1.99. The van der Waals surface area contributed by atoms with Crippen molar-refractivity contribution in [2.24, 2.45) is 0 Å². The second kappa shape index (κ2) is 6.33. The van der Waals surface area contributed by atoms with Crippen LogP contribution in [-0.2, 0) is 5.75 Å². The van der Waals surface area contributed by atoms with E-state index < -0.39 is 0 Å². The van der Waals surface area contributed by atoms with E-state index in [0.29, 0.717) is 11.9 Å². The van der Waals surface area contributed by atoms with Crippen LogP contribution in [0.15, 0.2) is 39.3 Å². The summed E-state index contributed by atoms with van der Waals surface area (Å²) >= 11 is 3.23. The van der Waals surface area contributed by atoms with Crippen LogP contribution < -0.4 is 5.32 Å². The largest absolute Gasteiger partial charge is 0.444 e. The number of rotatable bonds is 6. The summed E-state index contributed by atoms with van der Waals surface area (Å²) in [6.07, 6.45) is 4.19. The molecular formula is C16H16N4OS2. The maximum atomic E-state index is 5.58. The van der Waals surface area contributed by atoms with Crippen LogP contribution >= 0.6 is 23.1 Å². The molecule has 1 aliphatic carbocycles. The molecule has 0 aliphatic heterocycles. The molecule has 0 radical (unpaired) electrons. The molecule has 1 aliphatic rings. The molecule has 3 aromatic rings. The van der Waals surface area contributed by atoms with Gasteiger partial charge >= 0.3 is 0 Å². The van der Waals surface area contributed by atoms with Gasteiger partial charge in [0.2, 0.25) is 11.0 Å². The molecule has 5 nitrogen and oxygen atoms in total. The average Bonchev–Trinajstić information content (AvgIpc) is 3.07. The number of hydrogen-bond donors (Lipinski definition) is 1. The Balaban J connectivity index is 1.37. The highest BCUT2D eigenvalue weighted by Gasteiger charge is 2.22. The summed E-state index contributed by atoms with van der Waals surface area (Å²) in [4.78, 5) is 4.54. The predicted octanol–water partition coefficient (Wildman–Crippen LogP) is 4.37. The van der Waals surface area contributed by atoms with Crippen LogP contribution in [0.5, 0.6) is 0 Å². The van der Waals surface area contributed by atoms with Crippen molar-refractivity contribution in [3.63, 3.8) is 0 Å². The summed E-state index contributed by atoms with van der Waals surface area (Å²) < 4.78 is 6.53. The first kappa shape index (κ1) is 14.7. The van der Waals surface area contributed by atoms with Gasteiger partial charge in [0.15, 0.2) is 4.34 Å². The molecule has 23 heavy (non-hydrogen) atoms. The monoisotopic (exact) mass is 344 g/mol. The van der Waals surface area contributed by atoms with Crippen molar-refractivity contribution in [2.45, 2.75) is 35.9 Å². The zero-order valence-corrected chi connectivity index (χ0v) is 14.3. The Bertz CT molecular complexity index is 793. The third-order valence-electron chi connectivity index (χ3n) is 3.51. The Hall–Kier alpha value is -1.86. The van der Waals surface area contributed by atoms with E-state index in [-0.39, 0.29) is 0 Å². The van der Waals surface area contributed by atoms with E-state index in [0.717, 1.165) is 26.5 Å². The van der Waals surface area contributed by atoms with Gasteiger partial charge in [-0.15, -0.1) is 10.2 Å². The molecule has 1 N–H and O–H groups in total. The van der Waals surface area contributed by atoms with Crippen molar-refractivity contribution in [1.29, 1.82) is 0 Å². The number of oxazole rings is 1. The Morgan fingerprint density at radius 1 is 1.26 bits per heavy atom. The number of nitrogens with zero attached hydrogens (tertiary/aromatic N) is 3. The number of aromatic nitrogens is 3. The minimum atomic E-state index is 0.605. The summed E-state index contributed by atoms with van der Waals surface area (Å²) in [5, 5.41) is 12.6. The predicted molar refractivity (Wildman–Crippen MR) is 92.8 cm³/mol. The van der Waals surface area contributed by atoms with E-state index in [4.69, 9.17) is 4.42 Å². The molecule has 118 valence electrons. The highest BCUT2D eigenvalue weighted by Crippen LogP contribution is 2.32. The van der Waals surface area contributed by atoms with Gasteiger partial charge in [0.05, 0.1) is 5.69 Å². The molecule has 0 amide bonds. The van der Waals surface area contributed by atoms with Gasteiger partial charge in [-0.05, 0) is 31.9 Å². The van der Waals surface area contributed by atoms with Crippen LogP contribution in [-0.4, -0.2) is 21.2 Å². The maximum Gasteiger partial charge on any atom is 0.226 e. The lowest BCUT2D eigenvalue weighted by Gasteiger charge is -1.95. The minimum absolute atomic E-state index is 0.605. The number of benzene rings is 1. The molecule has 0 unspecified atom stereocenters. The third-order valence-corrected chi connectivity index (χ3v) is 5.53. The van der Waals surface area contributed by atoms with Crippen molar-refractivity contribution < 1.29 is 4.42 Å². The smallest absolute Gasteiger partial charge is 0.226 e. The standard InChI is InChI=1S/C16H16N4OS2/c1-10-2-4-11(5-3-10)14-17-13(8-21-14)9-22-16-20-19-15(23-16)18-12-6-7-12/h2-5,8,12H,6-7,9H2,1H3,(H,18,19). The maximum absolute atomic E-state index is 5.58. The summed E-state index contributed by atoms with van der Waals surface area (Å²) in [5.41, 5.74) is 3.14. The number of aryl methyl sites for hydroxylation is 1. The molecule has 0 saturated heterocycles. The van der Waals surface area contributed by atoms with Gasteiger partial charge in [-0.2, -0.15) is 0 Å². The van der Waals surface area contributed by atoms with E-state index in [1.54, 1.807) is 29.4 Å². The fraction of sp³-hybridized carbons (Fsp3) is 0.312. The molecule has 4 rings (SSSR count). The quantitative estimate of drug-likeness (QED) is 0.670. The van der Waals surface area contributed by atoms with Crippen molar-refractivity contribution >= 4 is 28.2 Å². The Labute approximate surface area is 142 Å². The Morgan fingerprint density at radius 2 is 2.09 bits per heavy atom. The zero-order valence-electron chi connectivity index (χ0n) is 12.7. The fourth-order valence-corrected chi connectivity index (χ4v) is 3.77. The first-order valence-electron chi connectivity index (χ1n) is 7.50. The topological polar surface area (TPSA) is 63.8 Å². The highest BCUT2D eigenvalue weighted by atomic mass is 32.2. The molecule has 0 spiro atoms. The van der Waals surface area contributed by atoms with E-state index in [1.165, 1.54) is 18.4 Å². The van der Waals surface area contributed by atoms with Crippen LogP contribution in [0.2, 0.25) is 0 Å². The van der Waals surface area contributed by atoms with E-state index in [9.17, 15) is 0 Å². The molecule has 1 saturated carbocycles. The molecule has 7 heteroatoms. The van der Waals surface area contributed by atoms with Gasteiger partial charge in [-0.1, -0.05) is 40.8 Å². The SMILES string of the molecule is Cc1ccc(-c2nc(CSc3nnc(NC4CC4)s3)co2)cc1. The molecule has 1 fully saturated rings. The number of hydrogen-bond acceptors (Lipinski definition) is 7. The molecule has 1 aromatic carbocycles. The highest BCUT2D eigenvalue weighted by molar-refractivity contribution is 8.00. The molecular weight excluding hydrogens is 328 g/mol. The van der Waals surface area contributed by atoms with Gasteiger partial charge in [0.25, 0.3) is 0 Å². The second-order valence-electron chi connectivity index (χ2n) is 5.59. The second-order valence-corrected chi connectivity index (χ2v) is 7.79. The number of anilines is 1. The van der Waals surface area contributed by atoms with Crippen molar-refractivity contribution in [3.05, 3.63) is 41.8 Å². The number of nitrogens with one attached hydrogen (secondary N) is 1. The van der Waals surface area contributed by atoms with Crippen molar-refractivity contribution in [3.8, 4) is 11.5 Å². The van der Waals surface area contributed by atoms with E-state index >= 15 is 0 Å². The molecule has 2 heterocycles. The lowest BCUT2D eigenvalue weighted by atomic mass is 10.1. The van der Waals surface area contributed by atoms with Crippen molar-refractivity contribution in [2.75, 3.05) is 5.32 Å². The van der Waals surface area contributed by atoms with Crippen LogP contribution in [0.3, 0.4) is 0 Å². The fourth-order valence-electron chi connectivity index (χ4n) is 2.07. The first-order chi connectivity index (χ1) is 11.3. The molecule has 0 bridgehead atoms. The minimum Gasteiger partial charge on any atom is -0.444 e. The van der Waals surface area contributed by atoms with Gasteiger partial charge in [0.1, 0.15) is 6.26 Å². The van der Waals surface area contributed by atoms with Crippen LogP contribution in [0, 0.1) is 6.92 Å². The summed E-state index contributed by atoms with van der Waals surface area (Å²) in [5.74, 6) is 1.39. The summed E-state index contributed by atoms with van der Waals surface area (Å²) in [6.45, 7) is 2.07. The van der Waals surface area contributed by atoms with Crippen LogP contribution in [0.25, 0.3) is 11.5 Å². The molecule has 2 aromatic heterocycles. The summed E-state index contributed by atoms with van der Waals surface area (Å²) in [7, 11) is 0. The summed E-state index contributed by atoms with van der Waals surface area (Å²) in [6, 6.07) is 8.78. The first-order valence-corrected chi connectivity index (χ1v) is 9.31.